The minimum absolute atomic E-state index is 0.00536. The van der Waals surface area contributed by atoms with Gasteiger partial charge in [-0.2, -0.15) is 0 Å². The maximum absolute atomic E-state index is 11.3. The van der Waals surface area contributed by atoms with Crippen LogP contribution >= 0.6 is 0 Å². The summed E-state index contributed by atoms with van der Waals surface area (Å²) in [5, 5.41) is 2.89. The Morgan fingerprint density at radius 2 is 1.17 bits per heavy atom. The van der Waals surface area contributed by atoms with E-state index in [1.807, 2.05) is 0 Å². The summed E-state index contributed by atoms with van der Waals surface area (Å²) >= 11 is 0. The van der Waals surface area contributed by atoms with Crippen molar-refractivity contribution in [3.8, 4) is 0 Å². The number of carbonyl (C=O) groups excluding carboxylic acids is 1. The van der Waals surface area contributed by atoms with E-state index in [0.717, 1.165) is 18.9 Å². The van der Waals surface area contributed by atoms with Crippen LogP contribution in [0.3, 0.4) is 0 Å². The summed E-state index contributed by atoms with van der Waals surface area (Å²) < 4.78 is 0. The van der Waals surface area contributed by atoms with Crippen molar-refractivity contribution in [3.05, 3.63) is 12.2 Å². The lowest BCUT2D eigenvalue weighted by Gasteiger charge is -2.05. The highest BCUT2D eigenvalue weighted by atomic mass is 16.1. The molecule has 0 aromatic heterocycles. The fourth-order valence-corrected chi connectivity index (χ4v) is 2.80. The third-order valence-electron chi connectivity index (χ3n) is 4.38. The molecule has 0 aromatic carbocycles. The number of hydrogen-bond acceptors (Lipinski definition) is 1. The molecule has 136 valence electrons. The minimum atomic E-state index is -0.00536. The first kappa shape index (κ1) is 22.2. The number of nitrogens with one attached hydrogen (secondary N) is 1. The van der Waals surface area contributed by atoms with E-state index in [0.29, 0.717) is 5.57 Å². The molecule has 2 nitrogen and oxygen atoms in total. The first-order chi connectivity index (χ1) is 11.0. The summed E-state index contributed by atoms with van der Waals surface area (Å²) in [5.74, 6) is 0.867. The van der Waals surface area contributed by atoms with E-state index in [9.17, 15) is 4.79 Å². The number of rotatable bonds is 16. The Balaban J connectivity index is 3.08. The number of hydrogen-bond donors (Lipinski definition) is 1. The van der Waals surface area contributed by atoms with E-state index in [2.05, 4.69) is 25.7 Å². The predicted molar refractivity (Wildman–Crippen MR) is 103 cm³/mol. The van der Waals surface area contributed by atoms with E-state index in [4.69, 9.17) is 0 Å². The molecule has 0 heterocycles. The van der Waals surface area contributed by atoms with Crippen LogP contribution in [0.4, 0.5) is 0 Å². The zero-order valence-electron chi connectivity index (χ0n) is 16.1. The average molecular weight is 324 g/mol. The Labute approximate surface area is 145 Å². The average Bonchev–Trinajstić information content (AvgIpc) is 2.50. The molecule has 0 aliphatic rings. The molecule has 0 radical (unpaired) electrons. The van der Waals surface area contributed by atoms with E-state index >= 15 is 0 Å². The van der Waals surface area contributed by atoms with Gasteiger partial charge in [-0.15, -0.1) is 0 Å². The van der Waals surface area contributed by atoms with E-state index in [-0.39, 0.29) is 5.91 Å². The quantitative estimate of drug-likeness (QED) is 0.258. The van der Waals surface area contributed by atoms with Gasteiger partial charge in [-0.25, -0.2) is 0 Å². The fourth-order valence-electron chi connectivity index (χ4n) is 2.80. The summed E-state index contributed by atoms with van der Waals surface area (Å²) in [6, 6.07) is 0. The Kier molecular flexibility index (Phi) is 15.5. The molecule has 0 aromatic rings. The van der Waals surface area contributed by atoms with Gasteiger partial charge in [0, 0.05) is 12.1 Å². The second-order valence-electron chi connectivity index (χ2n) is 7.46. The van der Waals surface area contributed by atoms with Crippen molar-refractivity contribution < 1.29 is 4.79 Å². The van der Waals surface area contributed by atoms with Crippen molar-refractivity contribution in [1.29, 1.82) is 0 Å². The lowest BCUT2D eigenvalue weighted by Crippen LogP contribution is -2.24. The van der Waals surface area contributed by atoms with Gasteiger partial charge in [0.2, 0.25) is 5.91 Å². The Morgan fingerprint density at radius 1 is 0.783 bits per heavy atom. The van der Waals surface area contributed by atoms with Crippen LogP contribution in [0.1, 0.15) is 104 Å². The molecule has 0 fully saturated rings. The number of carbonyl (C=O) groups is 1. The number of amides is 1. The van der Waals surface area contributed by atoms with Gasteiger partial charge in [0.1, 0.15) is 0 Å². The lowest BCUT2D eigenvalue weighted by molar-refractivity contribution is -0.117. The van der Waals surface area contributed by atoms with Crippen molar-refractivity contribution >= 4 is 5.91 Å². The van der Waals surface area contributed by atoms with Gasteiger partial charge in [0.15, 0.2) is 0 Å². The summed E-state index contributed by atoms with van der Waals surface area (Å²) in [6.07, 6.45) is 17.7. The SMILES string of the molecule is C=C(C)C(=O)NCCCCCCCCCCCCCCC(C)C. The van der Waals surface area contributed by atoms with Crippen LogP contribution in [0.25, 0.3) is 0 Å². The molecule has 23 heavy (non-hydrogen) atoms. The van der Waals surface area contributed by atoms with Crippen LogP contribution in [0.15, 0.2) is 12.2 Å². The molecule has 0 rings (SSSR count). The van der Waals surface area contributed by atoms with Gasteiger partial charge in [-0.05, 0) is 19.3 Å². The summed E-state index contributed by atoms with van der Waals surface area (Å²) in [6.45, 7) is 10.8. The van der Waals surface area contributed by atoms with Crippen molar-refractivity contribution in [1.82, 2.24) is 5.32 Å². The molecule has 0 saturated carbocycles. The summed E-state index contributed by atoms with van der Waals surface area (Å²) in [7, 11) is 0. The van der Waals surface area contributed by atoms with Gasteiger partial charge >= 0.3 is 0 Å². The molecular formula is C21H41NO. The topological polar surface area (TPSA) is 29.1 Å². The van der Waals surface area contributed by atoms with Crippen LogP contribution in [0.2, 0.25) is 0 Å². The predicted octanol–water partition coefficient (Wildman–Crippen LogP) is 6.41. The number of unbranched alkanes of at least 4 members (excludes halogenated alkanes) is 11. The zero-order chi connectivity index (χ0) is 17.3. The smallest absolute Gasteiger partial charge is 0.246 e. The van der Waals surface area contributed by atoms with E-state index < -0.39 is 0 Å². The van der Waals surface area contributed by atoms with Crippen LogP contribution in [-0.2, 0) is 4.79 Å². The summed E-state index contributed by atoms with van der Waals surface area (Å²) in [5.41, 5.74) is 0.602. The minimum Gasteiger partial charge on any atom is -0.352 e. The fraction of sp³-hybridized carbons (Fsp3) is 0.857. The maximum atomic E-state index is 11.3. The maximum Gasteiger partial charge on any atom is 0.246 e. The molecule has 0 aliphatic heterocycles. The standard InChI is InChI=1S/C21H41NO/c1-19(2)17-15-13-11-9-7-5-6-8-10-12-14-16-18-22-21(23)20(3)4/h19H,3,5-18H2,1-2,4H3,(H,22,23). The first-order valence-corrected chi connectivity index (χ1v) is 9.97. The zero-order valence-corrected chi connectivity index (χ0v) is 16.1. The molecular weight excluding hydrogens is 282 g/mol. The molecule has 0 spiro atoms. The van der Waals surface area contributed by atoms with Crippen molar-refractivity contribution in [2.24, 2.45) is 5.92 Å². The molecule has 0 bridgehead atoms. The Hall–Kier alpha value is -0.790. The monoisotopic (exact) mass is 323 g/mol. The molecule has 0 saturated heterocycles. The van der Waals surface area contributed by atoms with Crippen molar-refractivity contribution in [3.63, 3.8) is 0 Å². The van der Waals surface area contributed by atoms with Gasteiger partial charge in [-0.1, -0.05) is 97.5 Å². The van der Waals surface area contributed by atoms with Gasteiger partial charge in [0.05, 0.1) is 0 Å². The third-order valence-corrected chi connectivity index (χ3v) is 4.38. The largest absolute Gasteiger partial charge is 0.352 e. The molecule has 0 aliphatic carbocycles. The van der Waals surface area contributed by atoms with Gasteiger partial charge < -0.3 is 5.32 Å². The van der Waals surface area contributed by atoms with Crippen LogP contribution in [0, 0.1) is 5.92 Å². The van der Waals surface area contributed by atoms with Gasteiger partial charge in [0.25, 0.3) is 0 Å². The molecule has 1 N–H and O–H groups in total. The highest BCUT2D eigenvalue weighted by molar-refractivity contribution is 5.91. The Morgan fingerprint density at radius 3 is 1.57 bits per heavy atom. The first-order valence-electron chi connectivity index (χ1n) is 9.97. The van der Waals surface area contributed by atoms with Crippen LogP contribution < -0.4 is 5.32 Å². The molecule has 0 atom stereocenters. The molecule has 2 heteroatoms. The van der Waals surface area contributed by atoms with Crippen LogP contribution in [-0.4, -0.2) is 12.5 Å². The highest BCUT2D eigenvalue weighted by Crippen LogP contribution is 2.13. The second kappa shape index (κ2) is 16.1. The van der Waals surface area contributed by atoms with E-state index in [1.165, 1.54) is 77.0 Å². The molecule has 1 amide bonds. The van der Waals surface area contributed by atoms with Crippen molar-refractivity contribution in [2.45, 2.75) is 104 Å². The normalized spacial score (nSPS) is 11.0. The van der Waals surface area contributed by atoms with Crippen molar-refractivity contribution in [2.75, 3.05) is 6.54 Å². The second-order valence-corrected chi connectivity index (χ2v) is 7.46. The lowest BCUT2D eigenvalue weighted by atomic mass is 10.0. The molecule has 0 unspecified atom stereocenters. The summed E-state index contributed by atoms with van der Waals surface area (Å²) in [4.78, 5) is 11.3. The van der Waals surface area contributed by atoms with Gasteiger partial charge in [-0.3, -0.25) is 4.79 Å². The van der Waals surface area contributed by atoms with E-state index in [1.54, 1.807) is 6.92 Å². The highest BCUT2D eigenvalue weighted by Gasteiger charge is 1.99. The third kappa shape index (κ3) is 17.4. The Bertz CT molecular complexity index is 296. The van der Waals surface area contributed by atoms with Crippen LogP contribution in [0.5, 0.6) is 0 Å².